The average Bonchev–Trinajstić information content (AvgIpc) is 3.17. The van der Waals surface area contributed by atoms with Crippen LogP contribution in [0.5, 0.6) is 0 Å². The second-order valence-electron chi connectivity index (χ2n) is 4.31. The largest absolute Gasteiger partial charge is 0.444 e. The lowest BCUT2D eigenvalue weighted by molar-refractivity contribution is 0.572. The molecule has 0 aliphatic carbocycles. The van der Waals surface area contributed by atoms with Gasteiger partial charge in [-0.05, 0) is 24.3 Å². The van der Waals surface area contributed by atoms with Crippen LogP contribution in [0.2, 0.25) is 0 Å². The van der Waals surface area contributed by atoms with E-state index in [0.29, 0.717) is 0 Å². The molecule has 0 saturated heterocycles. The summed E-state index contributed by atoms with van der Waals surface area (Å²) in [5.74, 6) is 0.767. The molecular weight excluding hydrogens is 252 g/mol. The summed E-state index contributed by atoms with van der Waals surface area (Å²) >= 11 is 0. The quantitative estimate of drug-likeness (QED) is 0.770. The van der Waals surface area contributed by atoms with Crippen molar-refractivity contribution in [2.75, 3.05) is 5.32 Å². The average molecular weight is 266 g/mol. The molecule has 0 aliphatic heterocycles. The molecule has 20 heavy (non-hydrogen) atoms. The van der Waals surface area contributed by atoms with E-state index >= 15 is 0 Å². The lowest BCUT2D eigenvalue weighted by Crippen LogP contribution is -1.97. The molecule has 100 valence electrons. The van der Waals surface area contributed by atoms with Crippen molar-refractivity contribution in [3.05, 3.63) is 61.4 Å². The highest BCUT2D eigenvalue weighted by atomic mass is 16.3. The molecule has 2 heterocycles. The fourth-order valence-electron chi connectivity index (χ4n) is 1.88. The molecule has 0 spiro atoms. The first-order chi connectivity index (χ1) is 9.85. The minimum absolute atomic E-state index is 0.718. The molecule has 0 amide bonds. The van der Waals surface area contributed by atoms with Gasteiger partial charge in [0, 0.05) is 35.8 Å². The first-order valence-electron chi connectivity index (χ1n) is 6.23. The van der Waals surface area contributed by atoms with Crippen LogP contribution in [0.1, 0.15) is 5.56 Å². The van der Waals surface area contributed by atoms with E-state index in [1.54, 1.807) is 17.1 Å². The van der Waals surface area contributed by atoms with E-state index in [1.165, 1.54) is 6.39 Å². The normalized spacial score (nSPS) is 10.4. The highest BCUT2D eigenvalue weighted by molar-refractivity contribution is 5.60. The van der Waals surface area contributed by atoms with Crippen LogP contribution in [-0.2, 0) is 6.54 Å². The Labute approximate surface area is 116 Å². The molecule has 0 aliphatic rings. The molecule has 2 aromatic heterocycles. The van der Waals surface area contributed by atoms with Gasteiger partial charge in [-0.25, -0.2) is 9.67 Å². The van der Waals surface area contributed by atoms with Gasteiger partial charge in [0.05, 0.1) is 12.4 Å². The van der Waals surface area contributed by atoms with Crippen LogP contribution in [0.15, 0.2) is 60.2 Å². The van der Waals surface area contributed by atoms with Crippen molar-refractivity contribution in [1.29, 1.82) is 0 Å². The van der Waals surface area contributed by atoms with Gasteiger partial charge in [-0.2, -0.15) is 5.10 Å². The minimum Gasteiger partial charge on any atom is -0.444 e. The smallest absolute Gasteiger partial charge is 0.181 e. The van der Waals surface area contributed by atoms with Crippen LogP contribution >= 0.6 is 0 Å². The molecule has 1 aromatic carbocycles. The zero-order valence-electron chi connectivity index (χ0n) is 10.9. The van der Waals surface area contributed by atoms with Gasteiger partial charge in [-0.15, -0.1) is 0 Å². The van der Waals surface area contributed by atoms with Crippen LogP contribution < -0.4 is 5.32 Å². The zero-order chi connectivity index (χ0) is 13.8. The second-order valence-corrected chi connectivity index (χ2v) is 4.31. The van der Waals surface area contributed by atoms with E-state index < -0.39 is 0 Å². The third kappa shape index (κ3) is 2.61. The summed E-state index contributed by atoms with van der Waals surface area (Å²) in [6.45, 7) is 4.38. The summed E-state index contributed by atoms with van der Waals surface area (Å²) in [5.41, 5.74) is 3.15. The molecule has 3 rings (SSSR count). The molecule has 0 saturated carbocycles. The van der Waals surface area contributed by atoms with Gasteiger partial charge in [-0.1, -0.05) is 6.58 Å². The van der Waals surface area contributed by atoms with E-state index in [2.05, 4.69) is 22.0 Å². The molecule has 0 bridgehead atoms. The monoisotopic (exact) mass is 266 g/mol. The highest BCUT2D eigenvalue weighted by Crippen LogP contribution is 2.20. The Morgan fingerprint density at radius 1 is 1.25 bits per heavy atom. The predicted molar refractivity (Wildman–Crippen MR) is 77.9 cm³/mol. The molecule has 0 fully saturated rings. The lowest BCUT2D eigenvalue weighted by atomic mass is 10.1. The van der Waals surface area contributed by atoms with Gasteiger partial charge in [0.25, 0.3) is 0 Å². The van der Waals surface area contributed by atoms with Crippen molar-refractivity contribution in [2.45, 2.75) is 6.54 Å². The van der Waals surface area contributed by atoms with Crippen LogP contribution in [0.25, 0.3) is 17.5 Å². The standard InChI is InChI=1S/C15H14N4O/c1-2-19-10-12(8-18-19)7-17-14-5-3-13(4-6-14)15-9-16-11-20-15/h2-6,8-11,17H,1,7H2. The summed E-state index contributed by atoms with van der Waals surface area (Å²) in [4.78, 5) is 3.91. The molecule has 5 nitrogen and oxygen atoms in total. The fraction of sp³-hybridized carbons (Fsp3) is 0.0667. The molecule has 0 atom stereocenters. The number of oxazole rings is 1. The summed E-state index contributed by atoms with van der Waals surface area (Å²) in [5, 5.41) is 7.47. The highest BCUT2D eigenvalue weighted by Gasteiger charge is 2.01. The van der Waals surface area contributed by atoms with Crippen LogP contribution in [0.4, 0.5) is 5.69 Å². The maximum atomic E-state index is 5.25. The van der Waals surface area contributed by atoms with Gasteiger partial charge < -0.3 is 9.73 Å². The zero-order valence-corrected chi connectivity index (χ0v) is 10.9. The first kappa shape index (κ1) is 12.2. The number of nitrogens with one attached hydrogen (secondary N) is 1. The number of hydrogen-bond acceptors (Lipinski definition) is 4. The second kappa shape index (κ2) is 5.44. The molecule has 0 unspecified atom stereocenters. The Bertz CT molecular complexity index is 683. The molecular formula is C15H14N4O. The summed E-state index contributed by atoms with van der Waals surface area (Å²) in [7, 11) is 0. The van der Waals surface area contributed by atoms with Crippen molar-refractivity contribution < 1.29 is 4.42 Å². The van der Waals surface area contributed by atoms with Crippen molar-refractivity contribution in [3.8, 4) is 11.3 Å². The minimum atomic E-state index is 0.718. The number of hydrogen-bond donors (Lipinski definition) is 1. The van der Waals surface area contributed by atoms with E-state index in [9.17, 15) is 0 Å². The van der Waals surface area contributed by atoms with Gasteiger partial charge in [-0.3, -0.25) is 0 Å². The van der Waals surface area contributed by atoms with Crippen LogP contribution in [0, 0.1) is 0 Å². The molecule has 3 aromatic rings. The van der Waals surface area contributed by atoms with E-state index in [0.717, 1.165) is 29.1 Å². The lowest BCUT2D eigenvalue weighted by Gasteiger charge is -2.05. The Kier molecular flexibility index (Phi) is 3.33. The number of benzene rings is 1. The third-order valence-corrected chi connectivity index (χ3v) is 2.94. The van der Waals surface area contributed by atoms with Crippen molar-refractivity contribution in [1.82, 2.24) is 14.8 Å². The summed E-state index contributed by atoms with van der Waals surface area (Å²) in [6.07, 6.45) is 8.54. The predicted octanol–water partition coefficient (Wildman–Crippen LogP) is 3.25. The maximum absolute atomic E-state index is 5.25. The van der Waals surface area contributed by atoms with Gasteiger partial charge >= 0.3 is 0 Å². The Morgan fingerprint density at radius 3 is 2.75 bits per heavy atom. The summed E-state index contributed by atoms with van der Waals surface area (Å²) < 4.78 is 6.94. The summed E-state index contributed by atoms with van der Waals surface area (Å²) in [6, 6.07) is 8.01. The first-order valence-corrected chi connectivity index (χ1v) is 6.23. The Hall–Kier alpha value is -2.82. The Balaban J connectivity index is 1.65. The van der Waals surface area contributed by atoms with Crippen molar-refractivity contribution in [2.24, 2.45) is 0 Å². The number of anilines is 1. The van der Waals surface area contributed by atoms with E-state index in [4.69, 9.17) is 4.42 Å². The van der Waals surface area contributed by atoms with Crippen LogP contribution in [0.3, 0.4) is 0 Å². The van der Waals surface area contributed by atoms with E-state index in [-0.39, 0.29) is 0 Å². The fourth-order valence-corrected chi connectivity index (χ4v) is 1.88. The maximum Gasteiger partial charge on any atom is 0.181 e. The number of rotatable bonds is 5. The molecule has 1 N–H and O–H groups in total. The van der Waals surface area contributed by atoms with Gasteiger partial charge in [0.1, 0.15) is 0 Å². The number of aromatic nitrogens is 3. The van der Waals surface area contributed by atoms with E-state index in [1.807, 2.05) is 36.7 Å². The van der Waals surface area contributed by atoms with Crippen molar-refractivity contribution in [3.63, 3.8) is 0 Å². The third-order valence-electron chi connectivity index (χ3n) is 2.94. The van der Waals surface area contributed by atoms with Crippen LogP contribution in [-0.4, -0.2) is 14.8 Å². The molecule has 0 radical (unpaired) electrons. The topological polar surface area (TPSA) is 55.9 Å². The van der Waals surface area contributed by atoms with Gasteiger partial charge in [0.15, 0.2) is 12.2 Å². The van der Waals surface area contributed by atoms with Gasteiger partial charge in [0.2, 0.25) is 0 Å². The van der Waals surface area contributed by atoms with Crippen molar-refractivity contribution >= 4 is 11.9 Å². The molecule has 5 heteroatoms. The number of nitrogens with zero attached hydrogens (tertiary/aromatic N) is 3. The SMILES string of the molecule is C=Cn1cc(CNc2ccc(-c3cnco3)cc2)cn1. The Morgan fingerprint density at radius 2 is 2.10 bits per heavy atom.